The molecule has 1 fully saturated rings. The average Bonchev–Trinajstić information content (AvgIpc) is 2.89. The van der Waals surface area contributed by atoms with Crippen molar-refractivity contribution in [1.29, 1.82) is 0 Å². The molecule has 1 aromatic heterocycles. The van der Waals surface area contributed by atoms with Crippen molar-refractivity contribution in [3.63, 3.8) is 0 Å². The number of hydrogen-bond acceptors (Lipinski definition) is 5. The topological polar surface area (TPSA) is 61.4 Å². The number of amides is 1. The third-order valence-corrected chi connectivity index (χ3v) is 6.31. The first kappa shape index (κ1) is 23.8. The van der Waals surface area contributed by atoms with E-state index in [4.69, 9.17) is 0 Å². The first-order chi connectivity index (χ1) is 16.6. The van der Waals surface area contributed by atoms with Crippen LogP contribution < -0.4 is 10.2 Å². The number of aromatic nitrogens is 2. The summed E-state index contributed by atoms with van der Waals surface area (Å²) in [5.74, 6) is 0.391. The molecule has 1 aliphatic rings. The summed E-state index contributed by atoms with van der Waals surface area (Å²) in [6.07, 6.45) is 5.31. The van der Waals surface area contributed by atoms with Crippen molar-refractivity contribution in [2.75, 3.05) is 37.6 Å². The van der Waals surface area contributed by atoms with Crippen LogP contribution in [0.2, 0.25) is 0 Å². The zero-order valence-electron chi connectivity index (χ0n) is 19.7. The second-order valence-corrected chi connectivity index (χ2v) is 8.71. The molecule has 4 rings (SSSR count). The Bertz CT molecular complexity index is 1040. The molecular formula is C27H32FN5O. The fourth-order valence-electron chi connectivity index (χ4n) is 4.32. The van der Waals surface area contributed by atoms with Gasteiger partial charge in [0.2, 0.25) is 11.9 Å². The van der Waals surface area contributed by atoms with Crippen molar-refractivity contribution in [2.24, 2.45) is 5.92 Å². The van der Waals surface area contributed by atoms with E-state index < -0.39 is 0 Å². The predicted octanol–water partition coefficient (Wildman–Crippen LogP) is 4.14. The molecule has 2 heterocycles. The van der Waals surface area contributed by atoms with Crippen molar-refractivity contribution < 1.29 is 9.18 Å². The van der Waals surface area contributed by atoms with Gasteiger partial charge >= 0.3 is 0 Å². The highest BCUT2D eigenvalue weighted by molar-refractivity contribution is 5.79. The van der Waals surface area contributed by atoms with E-state index >= 15 is 0 Å². The average molecular weight is 462 g/mol. The molecule has 6 nitrogen and oxygen atoms in total. The van der Waals surface area contributed by atoms with Crippen LogP contribution in [-0.2, 0) is 11.3 Å². The van der Waals surface area contributed by atoms with Gasteiger partial charge < -0.3 is 10.2 Å². The van der Waals surface area contributed by atoms with E-state index in [0.717, 1.165) is 50.1 Å². The molecule has 0 spiro atoms. The van der Waals surface area contributed by atoms with E-state index in [-0.39, 0.29) is 17.6 Å². The lowest BCUT2D eigenvalue weighted by molar-refractivity contribution is -0.125. The second-order valence-electron chi connectivity index (χ2n) is 8.71. The Morgan fingerprint density at radius 2 is 1.82 bits per heavy atom. The number of carbonyl (C=O) groups excluding carboxylic acids is 1. The summed E-state index contributed by atoms with van der Waals surface area (Å²) in [7, 11) is 0. The molecule has 0 aliphatic carbocycles. The number of piperidine rings is 1. The van der Waals surface area contributed by atoms with Crippen LogP contribution in [0.25, 0.3) is 11.1 Å². The van der Waals surface area contributed by atoms with E-state index in [1.54, 1.807) is 24.5 Å². The van der Waals surface area contributed by atoms with Gasteiger partial charge in [-0.3, -0.25) is 9.69 Å². The smallest absolute Gasteiger partial charge is 0.225 e. The number of likely N-dealkylation sites (N-methyl/N-ethyl adjacent to an activating group) is 1. The summed E-state index contributed by atoms with van der Waals surface area (Å²) >= 11 is 0. The van der Waals surface area contributed by atoms with Crippen LogP contribution in [0.1, 0.15) is 25.3 Å². The number of hydrogen-bond donors (Lipinski definition) is 1. The molecule has 1 amide bonds. The first-order valence-electron chi connectivity index (χ1n) is 12.0. The number of carbonyl (C=O) groups is 1. The molecule has 3 aromatic rings. The second kappa shape index (κ2) is 11.7. The number of nitrogens with zero attached hydrogens (tertiary/aromatic N) is 4. The highest BCUT2D eigenvalue weighted by atomic mass is 19.1. The van der Waals surface area contributed by atoms with Gasteiger partial charge in [0.25, 0.3) is 0 Å². The SMILES string of the molecule is CCN(CCNC(=O)[C@H]1CCCN(c2ncc(-c3ccc(F)cc3)cn2)C1)Cc1ccccc1. The van der Waals surface area contributed by atoms with Crippen molar-refractivity contribution in [3.05, 3.63) is 78.4 Å². The normalized spacial score (nSPS) is 16.0. The maximum atomic E-state index is 13.2. The van der Waals surface area contributed by atoms with Gasteiger partial charge in [0, 0.05) is 50.7 Å². The Hall–Kier alpha value is -3.32. The Morgan fingerprint density at radius 1 is 1.09 bits per heavy atom. The van der Waals surface area contributed by atoms with Crippen LogP contribution in [0.3, 0.4) is 0 Å². The van der Waals surface area contributed by atoms with Crippen LogP contribution in [0.15, 0.2) is 67.0 Å². The summed E-state index contributed by atoms with van der Waals surface area (Å²) in [6.45, 7) is 6.87. The molecule has 1 saturated heterocycles. The molecule has 1 atom stereocenters. The van der Waals surface area contributed by atoms with Gasteiger partial charge in [-0.15, -0.1) is 0 Å². The number of nitrogens with one attached hydrogen (secondary N) is 1. The third kappa shape index (κ3) is 6.38. The minimum absolute atomic E-state index is 0.0710. The number of anilines is 1. The molecule has 0 unspecified atom stereocenters. The molecule has 7 heteroatoms. The van der Waals surface area contributed by atoms with Crippen LogP contribution in [0.4, 0.5) is 10.3 Å². The fraction of sp³-hybridized carbons (Fsp3) is 0.370. The van der Waals surface area contributed by atoms with Crippen LogP contribution >= 0.6 is 0 Å². The molecular weight excluding hydrogens is 429 g/mol. The number of benzene rings is 2. The van der Waals surface area contributed by atoms with Crippen LogP contribution in [0.5, 0.6) is 0 Å². The van der Waals surface area contributed by atoms with Gasteiger partial charge in [0.15, 0.2) is 0 Å². The summed E-state index contributed by atoms with van der Waals surface area (Å²) < 4.78 is 13.2. The molecule has 2 aromatic carbocycles. The van der Waals surface area contributed by atoms with Gasteiger partial charge in [0.1, 0.15) is 5.82 Å². The molecule has 0 radical (unpaired) electrons. The lowest BCUT2D eigenvalue weighted by atomic mass is 9.97. The largest absolute Gasteiger partial charge is 0.355 e. The highest BCUT2D eigenvalue weighted by Crippen LogP contribution is 2.23. The molecule has 178 valence electrons. The lowest BCUT2D eigenvalue weighted by Gasteiger charge is -2.32. The van der Waals surface area contributed by atoms with E-state index in [1.165, 1.54) is 17.7 Å². The van der Waals surface area contributed by atoms with Gasteiger partial charge in [-0.1, -0.05) is 49.4 Å². The summed E-state index contributed by atoms with van der Waals surface area (Å²) in [5.41, 5.74) is 2.99. The molecule has 1 aliphatic heterocycles. The van der Waals surface area contributed by atoms with E-state index in [1.807, 2.05) is 6.07 Å². The molecule has 0 bridgehead atoms. The van der Waals surface area contributed by atoms with Crippen molar-refractivity contribution in [3.8, 4) is 11.1 Å². The van der Waals surface area contributed by atoms with Crippen molar-refractivity contribution in [1.82, 2.24) is 20.2 Å². The van der Waals surface area contributed by atoms with Crippen molar-refractivity contribution in [2.45, 2.75) is 26.3 Å². The number of rotatable bonds is 9. The zero-order chi connectivity index (χ0) is 23.8. The predicted molar refractivity (Wildman–Crippen MR) is 133 cm³/mol. The summed E-state index contributed by atoms with van der Waals surface area (Å²) in [4.78, 5) is 26.3. The van der Waals surface area contributed by atoms with Crippen LogP contribution in [0, 0.1) is 11.7 Å². The molecule has 1 N–H and O–H groups in total. The summed E-state index contributed by atoms with van der Waals surface area (Å²) in [5, 5.41) is 3.13. The van der Waals surface area contributed by atoms with Gasteiger partial charge in [-0.2, -0.15) is 0 Å². The van der Waals surface area contributed by atoms with Crippen LogP contribution in [-0.4, -0.2) is 53.5 Å². The maximum absolute atomic E-state index is 13.2. The Balaban J connectivity index is 1.27. The minimum atomic E-state index is -0.266. The standard InChI is InChI=1S/C27H32FN5O/c1-2-32(19-21-7-4-3-5-8-21)16-14-29-26(34)23-9-6-15-33(20-23)27-30-17-24(18-31-27)22-10-12-25(28)13-11-22/h3-5,7-8,10-13,17-18,23H,2,6,9,14-16,19-20H2,1H3,(H,29,34)/t23-/m0/s1. The fourth-order valence-corrected chi connectivity index (χ4v) is 4.32. The minimum Gasteiger partial charge on any atom is -0.355 e. The van der Waals surface area contributed by atoms with Gasteiger partial charge in [0.05, 0.1) is 5.92 Å². The van der Waals surface area contributed by atoms with E-state index in [9.17, 15) is 9.18 Å². The summed E-state index contributed by atoms with van der Waals surface area (Å²) in [6, 6.07) is 16.7. The maximum Gasteiger partial charge on any atom is 0.225 e. The van der Waals surface area contributed by atoms with Crippen molar-refractivity contribution >= 4 is 11.9 Å². The third-order valence-electron chi connectivity index (χ3n) is 6.31. The van der Waals surface area contributed by atoms with E-state index in [2.05, 4.69) is 56.3 Å². The monoisotopic (exact) mass is 461 g/mol. The zero-order valence-corrected chi connectivity index (χ0v) is 19.7. The Kier molecular flexibility index (Phi) is 8.20. The first-order valence-corrected chi connectivity index (χ1v) is 12.0. The Labute approximate surface area is 200 Å². The Morgan fingerprint density at radius 3 is 2.53 bits per heavy atom. The molecule has 0 saturated carbocycles. The quantitative estimate of drug-likeness (QED) is 0.519. The van der Waals surface area contributed by atoms with E-state index in [0.29, 0.717) is 19.0 Å². The highest BCUT2D eigenvalue weighted by Gasteiger charge is 2.27. The lowest BCUT2D eigenvalue weighted by Crippen LogP contribution is -2.45. The number of halogens is 1. The van der Waals surface area contributed by atoms with Gasteiger partial charge in [-0.25, -0.2) is 14.4 Å². The molecule has 34 heavy (non-hydrogen) atoms. The van der Waals surface area contributed by atoms with Gasteiger partial charge in [-0.05, 0) is 42.6 Å².